The summed E-state index contributed by atoms with van der Waals surface area (Å²) in [5.74, 6) is 1.74. The van der Waals surface area contributed by atoms with Crippen LogP contribution < -0.4 is 18.9 Å². The van der Waals surface area contributed by atoms with Gasteiger partial charge in [0.15, 0.2) is 56.6 Å². The van der Waals surface area contributed by atoms with Crippen molar-refractivity contribution in [2.45, 2.75) is 42.9 Å². The first kappa shape index (κ1) is 22.6. The van der Waals surface area contributed by atoms with Crippen molar-refractivity contribution in [3.05, 3.63) is 22.0 Å². The number of fused-ring (bicyclic) bond motifs is 1. The second-order valence-corrected chi connectivity index (χ2v) is 9.16. The number of nitrogens with one attached hydrogen (secondary N) is 1. The van der Waals surface area contributed by atoms with Crippen LogP contribution in [0.5, 0.6) is 11.5 Å². The second kappa shape index (κ2) is 10.3. The number of ether oxygens (including phenoxy) is 1. The molecule has 0 unspecified atom stereocenters. The molecule has 11 heteroatoms. The fraction of sp³-hybridized carbons (Fsp3) is 0.389. The lowest BCUT2D eigenvalue weighted by Gasteiger charge is -2.12. The molecule has 0 fully saturated rings. The minimum atomic E-state index is 0.386. The molecule has 0 atom stereocenters. The number of aryl methyl sites for hydroxylation is 1. The summed E-state index contributed by atoms with van der Waals surface area (Å²) in [5.41, 5.74) is 7.43. The van der Waals surface area contributed by atoms with Crippen LogP contribution >= 0.6 is 57.4 Å². The Morgan fingerprint density at radius 3 is 2.76 bits per heavy atom. The van der Waals surface area contributed by atoms with Gasteiger partial charge in [-0.05, 0) is 47.7 Å². The van der Waals surface area contributed by atoms with Gasteiger partial charge in [-0.3, -0.25) is 0 Å². The monoisotopic (exact) mass is 640 g/mol. The molecule has 29 heavy (non-hydrogen) atoms. The Balaban J connectivity index is 1.96. The summed E-state index contributed by atoms with van der Waals surface area (Å²) < 4.78 is 14.0. The molecule has 0 aliphatic heterocycles. The van der Waals surface area contributed by atoms with Crippen molar-refractivity contribution in [2.24, 2.45) is 0 Å². The molecular formula is C18H22I2N6O2S. The number of benzene rings is 1. The zero-order chi connectivity index (χ0) is 21.0. The van der Waals surface area contributed by atoms with Crippen molar-refractivity contribution < 1.29 is 7.80 Å². The van der Waals surface area contributed by atoms with Crippen LogP contribution in [0.4, 0.5) is 5.82 Å². The minimum Gasteiger partial charge on any atom is -0.493 e. The van der Waals surface area contributed by atoms with E-state index in [1.165, 1.54) is 6.33 Å². The fourth-order valence-electron chi connectivity index (χ4n) is 2.75. The summed E-state index contributed by atoms with van der Waals surface area (Å²) in [6.07, 6.45) is 2.43. The topological polar surface area (TPSA) is 100 Å². The van der Waals surface area contributed by atoms with Crippen LogP contribution in [0.25, 0.3) is 11.2 Å². The number of nitrogens with zero attached hydrogens (tertiary/aromatic N) is 4. The zero-order valence-corrected chi connectivity index (χ0v) is 21.4. The zero-order valence-electron chi connectivity index (χ0n) is 16.3. The third kappa shape index (κ3) is 5.35. The molecule has 0 radical (unpaired) electrons. The number of imidazole rings is 1. The van der Waals surface area contributed by atoms with Crippen LogP contribution in [0.15, 0.2) is 28.5 Å². The van der Waals surface area contributed by atoms with Crippen molar-refractivity contribution in [1.29, 1.82) is 0 Å². The third-order valence-corrected chi connectivity index (χ3v) is 6.92. The molecule has 3 aromatic rings. The maximum Gasteiger partial charge on any atom is 0.192 e. The first-order valence-corrected chi connectivity index (χ1v) is 11.8. The Kier molecular flexibility index (Phi) is 8.04. The van der Waals surface area contributed by atoms with Gasteiger partial charge in [0.05, 0.1) is 7.11 Å². The lowest BCUT2D eigenvalue weighted by Crippen LogP contribution is -2.24. The lowest BCUT2D eigenvalue weighted by molar-refractivity contribution is 0.401. The maximum absolute atomic E-state index is 6.05. The molecule has 0 bridgehead atoms. The number of nitrogens with two attached hydrogens (primary N) is 1. The van der Waals surface area contributed by atoms with Crippen LogP contribution in [0, 0.1) is 3.57 Å². The van der Waals surface area contributed by atoms with Crippen molar-refractivity contribution >= 4 is 74.3 Å². The third-order valence-electron chi connectivity index (χ3n) is 4.14. The Labute approximate surface area is 201 Å². The molecule has 0 saturated carbocycles. The van der Waals surface area contributed by atoms with Crippen molar-refractivity contribution in [1.82, 2.24) is 24.8 Å². The van der Waals surface area contributed by atoms with Crippen molar-refractivity contribution in [3.8, 4) is 11.5 Å². The molecule has 0 spiro atoms. The molecule has 1 aromatic carbocycles. The standard InChI is InChI=1S/C18H22I2N6O2S/c1-10(2)22-5-4-6-26-17-15(16(21)23-9-24-17)25-18(26)29-14-8-12(27-3)13(28-20)7-11(14)19/h7-10,22H,4-6H2,1-3H3,(H2,21,23,24). The van der Waals surface area contributed by atoms with E-state index in [0.717, 1.165) is 38.8 Å². The van der Waals surface area contributed by atoms with Crippen molar-refractivity contribution in [2.75, 3.05) is 19.4 Å². The van der Waals surface area contributed by atoms with E-state index >= 15 is 0 Å². The summed E-state index contributed by atoms with van der Waals surface area (Å²) >= 11 is 5.69. The number of hydrogen-bond acceptors (Lipinski definition) is 8. The Morgan fingerprint density at radius 1 is 1.28 bits per heavy atom. The van der Waals surface area contributed by atoms with E-state index in [1.54, 1.807) is 18.9 Å². The first-order chi connectivity index (χ1) is 13.9. The van der Waals surface area contributed by atoms with Gasteiger partial charge in [-0.2, -0.15) is 0 Å². The Morgan fingerprint density at radius 2 is 2.07 bits per heavy atom. The molecular weight excluding hydrogens is 618 g/mol. The van der Waals surface area contributed by atoms with Gasteiger partial charge in [0.25, 0.3) is 0 Å². The summed E-state index contributed by atoms with van der Waals surface area (Å²) in [4.78, 5) is 14.3. The normalized spacial score (nSPS) is 11.4. The van der Waals surface area contributed by atoms with Crippen LogP contribution in [0.2, 0.25) is 0 Å². The van der Waals surface area contributed by atoms with Gasteiger partial charge < -0.3 is 23.4 Å². The summed E-state index contributed by atoms with van der Waals surface area (Å²) in [6.45, 7) is 5.97. The van der Waals surface area contributed by atoms with E-state index in [4.69, 9.17) is 18.5 Å². The summed E-state index contributed by atoms with van der Waals surface area (Å²) in [7, 11) is 1.63. The van der Waals surface area contributed by atoms with E-state index in [0.29, 0.717) is 28.9 Å². The number of halogens is 2. The lowest BCUT2D eigenvalue weighted by atomic mass is 10.3. The predicted octanol–water partition coefficient (Wildman–Crippen LogP) is 4.29. The van der Waals surface area contributed by atoms with Gasteiger partial charge in [-0.25, -0.2) is 15.0 Å². The summed E-state index contributed by atoms with van der Waals surface area (Å²) in [5, 5.41) is 4.26. The quantitative estimate of drug-likeness (QED) is 0.264. The first-order valence-electron chi connectivity index (χ1n) is 8.98. The van der Waals surface area contributed by atoms with Crippen LogP contribution in [0.3, 0.4) is 0 Å². The molecule has 0 amide bonds. The molecule has 0 saturated heterocycles. The molecule has 3 N–H and O–H groups in total. The number of nitrogen functional groups attached to an aromatic ring is 1. The van der Waals surface area contributed by atoms with E-state index in [9.17, 15) is 0 Å². The number of aromatic nitrogens is 4. The highest BCUT2D eigenvalue weighted by molar-refractivity contribution is 14.1. The number of hydrogen-bond donors (Lipinski definition) is 2. The van der Waals surface area contributed by atoms with Gasteiger partial charge in [-0.1, -0.05) is 25.6 Å². The highest BCUT2D eigenvalue weighted by Crippen LogP contribution is 2.40. The van der Waals surface area contributed by atoms with E-state index in [-0.39, 0.29) is 0 Å². The number of rotatable bonds is 9. The average molecular weight is 640 g/mol. The van der Waals surface area contributed by atoms with E-state index < -0.39 is 0 Å². The maximum atomic E-state index is 6.05. The molecule has 2 heterocycles. The highest BCUT2D eigenvalue weighted by Gasteiger charge is 2.18. The fourth-order valence-corrected chi connectivity index (χ4v) is 4.81. The molecule has 0 aliphatic carbocycles. The Bertz CT molecular complexity index is 998. The van der Waals surface area contributed by atoms with Gasteiger partial charge in [0.1, 0.15) is 6.33 Å². The average Bonchev–Trinajstić information content (AvgIpc) is 3.05. The van der Waals surface area contributed by atoms with Crippen LogP contribution in [0.1, 0.15) is 20.3 Å². The van der Waals surface area contributed by atoms with Gasteiger partial charge >= 0.3 is 0 Å². The Hall–Kier alpha value is -1.06. The number of anilines is 1. The summed E-state index contributed by atoms with van der Waals surface area (Å²) in [6, 6.07) is 4.36. The van der Waals surface area contributed by atoms with E-state index in [2.05, 4.69) is 56.3 Å². The predicted molar refractivity (Wildman–Crippen MR) is 132 cm³/mol. The van der Waals surface area contributed by atoms with E-state index in [1.807, 2.05) is 35.1 Å². The minimum absolute atomic E-state index is 0.386. The second-order valence-electron chi connectivity index (χ2n) is 6.55. The molecule has 2 aromatic heterocycles. The number of methoxy groups -OCH3 is 1. The molecule has 3 rings (SSSR count). The SMILES string of the molecule is COc1cc(Sc2nc3c(N)ncnc3n2CCCNC(C)C)c(I)cc1OI. The van der Waals surface area contributed by atoms with Gasteiger partial charge in [0.2, 0.25) is 0 Å². The van der Waals surface area contributed by atoms with Gasteiger partial charge in [0, 0.05) is 21.1 Å². The van der Waals surface area contributed by atoms with Crippen LogP contribution in [-0.2, 0) is 6.54 Å². The smallest absolute Gasteiger partial charge is 0.192 e. The molecule has 8 nitrogen and oxygen atoms in total. The highest BCUT2D eigenvalue weighted by atomic mass is 127. The molecule has 156 valence electrons. The van der Waals surface area contributed by atoms with Gasteiger partial charge in [-0.15, -0.1) is 0 Å². The van der Waals surface area contributed by atoms with Crippen LogP contribution in [-0.4, -0.2) is 39.2 Å². The molecule has 0 aliphatic rings. The van der Waals surface area contributed by atoms with Crippen molar-refractivity contribution in [3.63, 3.8) is 0 Å². The largest absolute Gasteiger partial charge is 0.493 e.